The number of nitrogens with one attached hydrogen (secondary N) is 2. The predicted octanol–water partition coefficient (Wildman–Crippen LogP) is 4.73. The Bertz CT molecular complexity index is 808. The summed E-state index contributed by atoms with van der Waals surface area (Å²) >= 11 is 0. The first-order chi connectivity index (χ1) is 15.8. The van der Waals surface area contributed by atoms with E-state index in [2.05, 4.69) is 51.0 Å². The third-order valence-electron chi connectivity index (χ3n) is 4.36. The molecule has 0 bridgehead atoms. The summed E-state index contributed by atoms with van der Waals surface area (Å²) in [5.41, 5.74) is 0.903. The fraction of sp³-hybridized carbons (Fsp3) is 0.609. The summed E-state index contributed by atoms with van der Waals surface area (Å²) < 4.78 is 37.1. The fourth-order valence-electron chi connectivity index (χ4n) is 2.99. The molecule has 0 aliphatic rings. The van der Waals surface area contributed by atoms with Gasteiger partial charge in [-0.15, -0.1) is 0 Å². The maximum atomic E-state index is 12.2. The molecule has 1 aromatic carbocycles. The Balaban J connectivity index is 0.00000143. The van der Waals surface area contributed by atoms with Gasteiger partial charge in [0, 0.05) is 20.7 Å². The van der Waals surface area contributed by atoms with E-state index in [0.29, 0.717) is 19.0 Å². The van der Waals surface area contributed by atoms with Gasteiger partial charge in [0.15, 0.2) is 0 Å². The van der Waals surface area contributed by atoms with Gasteiger partial charge in [-0.3, -0.25) is 4.79 Å². The molecule has 0 saturated heterocycles. The fourth-order valence-corrected chi connectivity index (χ4v) is 4.53. The molecule has 12 heteroatoms. The van der Waals surface area contributed by atoms with Crippen molar-refractivity contribution >= 4 is 26.1 Å². The highest BCUT2D eigenvalue weighted by Crippen LogP contribution is 2.21. The number of carbonyl (C=O) groups is 3. The van der Waals surface area contributed by atoms with E-state index in [0.717, 1.165) is 5.56 Å². The molecular formula is C23H37F3N2O6Si. The first kappa shape index (κ1) is 32.4. The van der Waals surface area contributed by atoms with E-state index in [1.165, 1.54) is 0 Å². The Labute approximate surface area is 205 Å². The van der Waals surface area contributed by atoms with Crippen LogP contribution < -0.4 is 10.6 Å². The number of alkyl halides is 3. The van der Waals surface area contributed by atoms with Crippen LogP contribution in [0.2, 0.25) is 25.7 Å². The molecule has 0 aliphatic carbocycles. The molecule has 200 valence electrons. The molecule has 0 saturated carbocycles. The number of ether oxygens (including phenoxy) is 1. The Morgan fingerprint density at radius 3 is 1.94 bits per heavy atom. The average molecular weight is 523 g/mol. The Kier molecular flexibility index (Phi) is 13.0. The number of carboxylic acid groups (broad SMARTS) is 2. The number of benzene rings is 1. The van der Waals surface area contributed by atoms with Gasteiger partial charge in [-0.25, -0.2) is 9.59 Å². The molecule has 0 heterocycles. The number of rotatable bonds is 10. The minimum Gasteiger partial charge on any atom is -0.480 e. The molecule has 0 aliphatic heterocycles. The molecule has 0 unspecified atom stereocenters. The highest BCUT2D eigenvalue weighted by Gasteiger charge is 2.38. The third-order valence-corrected chi connectivity index (χ3v) is 5.99. The van der Waals surface area contributed by atoms with E-state index in [9.17, 15) is 27.9 Å². The van der Waals surface area contributed by atoms with Crippen LogP contribution in [0.25, 0.3) is 0 Å². The van der Waals surface area contributed by atoms with Crippen LogP contribution in [-0.2, 0) is 20.9 Å². The SMILES string of the molecule is CC(C)(C)C[C@@H](CN[C@@H](C[Si](C)(C)C)C(=O)O)NC(=O)OCc1ccccc1.O=C(O)C(F)(F)F. The smallest absolute Gasteiger partial charge is 0.480 e. The van der Waals surface area contributed by atoms with Crippen LogP contribution >= 0.6 is 0 Å². The van der Waals surface area contributed by atoms with E-state index >= 15 is 0 Å². The second-order valence-electron chi connectivity index (χ2n) is 10.5. The van der Waals surface area contributed by atoms with Crippen LogP contribution in [0.4, 0.5) is 18.0 Å². The Morgan fingerprint density at radius 1 is 1.03 bits per heavy atom. The minimum atomic E-state index is -5.08. The summed E-state index contributed by atoms with van der Waals surface area (Å²) in [6.45, 7) is 13.3. The van der Waals surface area contributed by atoms with E-state index in [1.807, 2.05) is 30.3 Å². The standard InChI is InChI=1S/C21H36N2O4Si.C2HF3O2/c1-21(2,3)12-17(13-22-18(19(24)25)15-28(4,5)6)23-20(26)27-14-16-10-8-7-9-11-16;3-2(4,5)1(6)7/h7-11,17-18,22H,12-15H2,1-6H3,(H,23,26)(H,24,25);(H,6,7)/t17-,18-;/m0./s1. The van der Waals surface area contributed by atoms with Crippen molar-refractivity contribution in [2.24, 2.45) is 5.41 Å². The maximum Gasteiger partial charge on any atom is 0.490 e. The molecular weight excluding hydrogens is 485 g/mol. The Morgan fingerprint density at radius 2 is 1.54 bits per heavy atom. The van der Waals surface area contributed by atoms with Crippen molar-refractivity contribution in [1.29, 1.82) is 0 Å². The van der Waals surface area contributed by atoms with Gasteiger partial charge in [-0.05, 0) is 23.4 Å². The van der Waals surface area contributed by atoms with Gasteiger partial charge >= 0.3 is 24.2 Å². The minimum absolute atomic E-state index is 0.0173. The summed E-state index contributed by atoms with van der Waals surface area (Å²) in [5.74, 6) is -3.60. The van der Waals surface area contributed by atoms with Crippen molar-refractivity contribution in [1.82, 2.24) is 10.6 Å². The van der Waals surface area contributed by atoms with Crippen molar-refractivity contribution in [3.63, 3.8) is 0 Å². The monoisotopic (exact) mass is 522 g/mol. The number of carbonyl (C=O) groups excluding carboxylic acids is 1. The largest absolute Gasteiger partial charge is 0.490 e. The van der Waals surface area contributed by atoms with Crippen LogP contribution in [-0.4, -0.2) is 61.1 Å². The van der Waals surface area contributed by atoms with Gasteiger partial charge in [0.25, 0.3) is 0 Å². The van der Waals surface area contributed by atoms with Crippen molar-refractivity contribution in [2.45, 2.75) is 77.7 Å². The Hall–Kier alpha value is -2.60. The first-order valence-electron chi connectivity index (χ1n) is 11.0. The lowest BCUT2D eigenvalue weighted by Crippen LogP contribution is -2.50. The summed E-state index contributed by atoms with van der Waals surface area (Å²) in [6.07, 6.45) is -4.86. The summed E-state index contributed by atoms with van der Waals surface area (Å²) in [7, 11) is -1.54. The van der Waals surface area contributed by atoms with Gasteiger partial charge in [-0.2, -0.15) is 13.2 Å². The molecule has 0 spiro atoms. The zero-order valence-electron chi connectivity index (χ0n) is 21.0. The molecule has 1 amide bonds. The number of amides is 1. The van der Waals surface area contributed by atoms with E-state index < -0.39 is 38.3 Å². The molecule has 0 aromatic heterocycles. The predicted molar refractivity (Wildman–Crippen MR) is 129 cm³/mol. The molecule has 35 heavy (non-hydrogen) atoms. The highest BCUT2D eigenvalue weighted by molar-refractivity contribution is 6.76. The van der Waals surface area contributed by atoms with E-state index in [1.54, 1.807) is 0 Å². The normalized spacial score (nSPS) is 13.6. The summed E-state index contributed by atoms with van der Waals surface area (Å²) in [4.78, 5) is 32.7. The molecule has 4 N–H and O–H groups in total. The molecule has 0 fully saturated rings. The van der Waals surface area contributed by atoms with Crippen LogP contribution in [0.1, 0.15) is 32.8 Å². The topological polar surface area (TPSA) is 125 Å². The van der Waals surface area contributed by atoms with Crippen LogP contribution in [0.3, 0.4) is 0 Å². The van der Waals surface area contributed by atoms with Gasteiger partial charge in [0.1, 0.15) is 12.6 Å². The van der Waals surface area contributed by atoms with E-state index in [-0.39, 0.29) is 18.1 Å². The van der Waals surface area contributed by atoms with Gasteiger partial charge in [0.05, 0.1) is 0 Å². The molecule has 0 radical (unpaired) electrons. The number of halogens is 3. The number of alkyl carbamates (subject to hydrolysis) is 1. The first-order valence-corrected chi connectivity index (χ1v) is 14.7. The molecule has 1 aromatic rings. The van der Waals surface area contributed by atoms with Gasteiger partial charge in [-0.1, -0.05) is 70.7 Å². The van der Waals surface area contributed by atoms with Crippen molar-refractivity contribution in [3.05, 3.63) is 35.9 Å². The number of aliphatic carboxylic acids is 2. The maximum absolute atomic E-state index is 12.2. The lowest BCUT2D eigenvalue weighted by Gasteiger charge is -2.29. The zero-order chi connectivity index (χ0) is 27.4. The van der Waals surface area contributed by atoms with Gasteiger partial charge in [0.2, 0.25) is 0 Å². The highest BCUT2D eigenvalue weighted by atomic mass is 28.3. The average Bonchev–Trinajstić information content (AvgIpc) is 2.67. The van der Waals surface area contributed by atoms with Crippen molar-refractivity contribution in [3.8, 4) is 0 Å². The number of carboxylic acids is 2. The number of hydrogen-bond donors (Lipinski definition) is 4. The van der Waals surface area contributed by atoms with Crippen LogP contribution in [0, 0.1) is 5.41 Å². The number of hydrogen-bond acceptors (Lipinski definition) is 5. The summed E-state index contributed by atoms with van der Waals surface area (Å²) in [6, 6.07) is 9.32. The molecule has 1 rings (SSSR count). The third kappa shape index (κ3) is 17.5. The lowest BCUT2D eigenvalue weighted by molar-refractivity contribution is -0.192. The zero-order valence-corrected chi connectivity index (χ0v) is 22.0. The van der Waals surface area contributed by atoms with Gasteiger partial charge < -0.3 is 25.6 Å². The summed E-state index contributed by atoms with van der Waals surface area (Å²) in [5, 5.41) is 22.7. The quantitative estimate of drug-likeness (QED) is 0.327. The van der Waals surface area contributed by atoms with Crippen molar-refractivity contribution in [2.75, 3.05) is 6.54 Å². The van der Waals surface area contributed by atoms with Crippen molar-refractivity contribution < 1.29 is 42.5 Å². The van der Waals surface area contributed by atoms with Crippen LogP contribution in [0.15, 0.2) is 30.3 Å². The molecule has 8 nitrogen and oxygen atoms in total. The molecule has 2 atom stereocenters. The lowest BCUT2D eigenvalue weighted by atomic mass is 9.88. The van der Waals surface area contributed by atoms with E-state index in [4.69, 9.17) is 14.6 Å². The second kappa shape index (κ2) is 14.1. The van der Waals surface area contributed by atoms with Crippen LogP contribution in [0.5, 0.6) is 0 Å². The second-order valence-corrected chi connectivity index (χ2v) is 16.1.